The predicted octanol–water partition coefficient (Wildman–Crippen LogP) is 9.24. The minimum atomic E-state index is -1.60. The molecule has 3 nitrogen and oxygen atoms in total. The molecule has 3 rings (SSSR count). The Bertz CT molecular complexity index is 1090. The molecular formula is C30H43O3P. The Kier molecular flexibility index (Phi) is 7.34. The van der Waals surface area contributed by atoms with Crippen molar-refractivity contribution in [3.05, 3.63) is 63.7 Å². The Labute approximate surface area is 208 Å². The van der Waals surface area contributed by atoms with E-state index in [2.05, 4.69) is 107 Å². The van der Waals surface area contributed by atoms with E-state index in [1.807, 2.05) is 0 Å². The van der Waals surface area contributed by atoms with Gasteiger partial charge in [0, 0.05) is 30.2 Å². The fourth-order valence-electron chi connectivity index (χ4n) is 4.18. The highest BCUT2D eigenvalue weighted by atomic mass is 31.2. The molecule has 0 radical (unpaired) electrons. The third-order valence-electron chi connectivity index (χ3n) is 6.59. The van der Waals surface area contributed by atoms with Crippen molar-refractivity contribution in [1.29, 1.82) is 0 Å². The highest BCUT2D eigenvalue weighted by molar-refractivity contribution is 7.42. The van der Waals surface area contributed by atoms with E-state index < -0.39 is 8.60 Å². The predicted molar refractivity (Wildman–Crippen MR) is 146 cm³/mol. The van der Waals surface area contributed by atoms with Crippen LogP contribution in [0.2, 0.25) is 0 Å². The Balaban J connectivity index is 2.39. The summed E-state index contributed by atoms with van der Waals surface area (Å²) < 4.78 is 18.8. The number of hydrogen-bond acceptors (Lipinski definition) is 3. The molecule has 0 saturated carbocycles. The minimum Gasteiger partial charge on any atom is -0.417 e. The van der Waals surface area contributed by atoms with Gasteiger partial charge < -0.3 is 9.05 Å². The van der Waals surface area contributed by atoms with Crippen LogP contribution in [-0.4, -0.2) is 7.11 Å². The molecule has 186 valence electrons. The number of hydrogen-bond donors (Lipinski definition) is 0. The van der Waals surface area contributed by atoms with Crippen molar-refractivity contribution in [2.45, 2.75) is 98.8 Å². The zero-order valence-corrected chi connectivity index (χ0v) is 24.2. The number of allylic oxidation sites excluding steroid dienone is 2. The lowest BCUT2D eigenvalue weighted by Crippen LogP contribution is -2.20. The van der Waals surface area contributed by atoms with Gasteiger partial charge in [-0.25, -0.2) is 0 Å². The Hall–Kier alpha value is -1.83. The van der Waals surface area contributed by atoms with Gasteiger partial charge in [-0.3, -0.25) is 4.52 Å². The molecule has 2 aromatic carbocycles. The van der Waals surface area contributed by atoms with Crippen LogP contribution in [-0.2, 0) is 27.2 Å². The highest BCUT2D eigenvalue weighted by Gasteiger charge is 2.33. The van der Waals surface area contributed by atoms with Crippen molar-refractivity contribution in [2.24, 2.45) is 0 Å². The standard InChI is InChI=1S/C30H43O3P/c1-13-19(2)24-17-22(28(3,4)5)15-20-14-21-16-23(29(6,7)8)18-25(30(9,10)11)27(21)33-34(31-12)32-26(20)24/h13,15-18H,14H2,1-12H3/b19-13+. The van der Waals surface area contributed by atoms with Gasteiger partial charge in [-0.1, -0.05) is 86.6 Å². The SMILES string of the molecule is C/C=C(\C)c1cc(C(C)(C)C)cc2c1OP(OC)Oc1c(cc(C(C)(C)C)cc1C(C)(C)C)C2. The molecule has 1 aliphatic heterocycles. The van der Waals surface area contributed by atoms with Crippen molar-refractivity contribution in [1.82, 2.24) is 0 Å². The third-order valence-corrected chi connectivity index (χ3v) is 7.55. The van der Waals surface area contributed by atoms with Gasteiger partial charge in [-0.05, 0) is 58.4 Å². The van der Waals surface area contributed by atoms with E-state index in [0.717, 1.165) is 23.5 Å². The molecule has 0 amide bonds. The van der Waals surface area contributed by atoms with Gasteiger partial charge in [0.15, 0.2) is 0 Å². The molecule has 34 heavy (non-hydrogen) atoms. The van der Waals surface area contributed by atoms with Gasteiger partial charge >= 0.3 is 8.60 Å². The van der Waals surface area contributed by atoms with Crippen LogP contribution >= 0.6 is 8.60 Å². The number of rotatable bonds is 2. The van der Waals surface area contributed by atoms with E-state index in [0.29, 0.717) is 0 Å². The quantitative estimate of drug-likeness (QED) is 0.399. The van der Waals surface area contributed by atoms with Crippen LogP contribution in [0.15, 0.2) is 30.3 Å². The summed E-state index contributed by atoms with van der Waals surface area (Å²) in [6, 6.07) is 9.23. The molecule has 0 bridgehead atoms. The lowest BCUT2D eigenvalue weighted by atomic mass is 9.78. The van der Waals surface area contributed by atoms with Crippen LogP contribution in [0, 0.1) is 0 Å². The van der Waals surface area contributed by atoms with Crippen molar-refractivity contribution in [2.75, 3.05) is 7.11 Å². The third kappa shape index (κ3) is 5.52. The van der Waals surface area contributed by atoms with Crippen LogP contribution in [0.25, 0.3) is 5.57 Å². The summed E-state index contributed by atoms with van der Waals surface area (Å²) in [6.45, 7) is 24.6. The van der Waals surface area contributed by atoms with E-state index in [-0.39, 0.29) is 16.2 Å². The molecular weight excluding hydrogens is 439 g/mol. The van der Waals surface area contributed by atoms with Gasteiger partial charge in [0.2, 0.25) is 0 Å². The summed E-state index contributed by atoms with van der Waals surface area (Å²) in [4.78, 5) is 0. The summed E-state index contributed by atoms with van der Waals surface area (Å²) in [6.07, 6.45) is 2.89. The summed E-state index contributed by atoms with van der Waals surface area (Å²) >= 11 is 0. The monoisotopic (exact) mass is 482 g/mol. The maximum absolute atomic E-state index is 6.54. The van der Waals surface area contributed by atoms with E-state index in [4.69, 9.17) is 13.6 Å². The second kappa shape index (κ2) is 9.32. The van der Waals surface area contributed by atoms with Gasteiger partial charge in [-0.2, -0.15) is 0 Å². The smallest absolute Gasteiger partial charge is 0.417 e. The summed E-state index contributed by atoms with van der Waals surface area (Å²) in [5.41, 5.74) is 8.48. The van der Waals surface area contributed by atoms with E-state index in [1.165, 1.54) is 33.4 Å². The van der Waals surface area contributed by atoms with E-state index >= 15 is 0 Å². The van der Waals surface area contributed by atoms with E-state index in [1.54, 1.807) is 7.11 Å². The summed E-state index contributed by atoms with van der Waals surface area (Å²) in [5.74, 6) is 1.78. The molecule has 0 aromatic heterocycles. The maximum atomic E-state index is 6.54. The first-order valence-corrected chi connectivity index (χ1v) is 13.3. The molecule has 1 unspecified atom stereocenters. The molecule has 0 spiro atoms. The molecule has 1 aliphatic rings. The van der Waals surface area contributed by atoms with Crippen molar-refractivity contribution >= 4 is 14.2 Å². The second-order valence-electron chi connectivity index (χ2n) is 12.5. The minimum absolute atomic E-state index is 0.0231. The Morgan fingerprint density at radius 2 is 1.29 bits per heavy atom. The number of fused-ring (bicyclic) bond motifs is 2. The summed E-state index contributed by atoms with van der Waals surface area (Å²) in [5, 5.41) is 0. The van der Waals surface area contributed by atoms with Crippen LogP contribution in [0.1, 0.15) is 110 Å². The first-order chi connectivity index (χ1) is 15.6. The van der Waals surface area contributed by atoms with Crippen molar-refractivity contribution in [3.63, 3.8) is 0 Å². The van der Waals surface area contributed by atoms with Crippen LogP contribution in [0.4, 0.5) is 0 Å². The van der Waals surface area contributed by atoms with Gasteiger partial charge in [-0.15, -0.1) is 0 Å². The number of benzene rings is 2. The average Bonchev–Trinajstić information content (AvgIpc) is 2.69. The largest absolute Gasteiger partial charge is 0.462 e. The molecule has 1 heterocycles. The topological polar surface area (TPSA) is 27.7 Å². The maximum Gasteiger partial charge on any atom is 0.462 e. The van der Waals surface area contributed by atoms with Gasteiger partial charge in [0.1, 0.15) is 11.5 Å². The first kappa shape index (κ1) is 26.8. The van der Waals surface area contributed by atoms with Crippen LogP contribution in [0.3, 0.4) is 0 Å². The second-order valence-corrected chi connectivity index (χ2v) is 13.7. The summed E-state index contributed by atoms with van der Waals surface area (Å²) in [7, 11) is 0.0669. The van der Waals surface area contributed by atoms with Crippen molar-refractivity contribution < 1.29 is 13.6 Å². The lowest BCUT2D eigenvalue weighted by Gasteiger charge is -2.32. The fourth-order valence-corrected chi connectivity index (χ4v) is 5.09. The molecule has 2 aromatic rings. The van der Waals surface area contributed by atoms with Gasteiger partial charge in [0.25, 0.3) is 0 Å². The Morgan fingerprint density at radius 1 is 0.794 bits per heavy atom. The molecule has 4 heteroatoms. The zero-order chi connectivity index (χ0) is 25.6. The fraction of sp³-hybridized carbons (Fsp3) is 0.533. The molecule has 0 saturated heterocycles. The van der Waals surface area contributed by atoms with Crippen molar-refractivity contribution in [3.8, 4) is 11.5 Å². The zero-order valence-electron chi connectivity index (χ0n) is 23.3. The molecule has 0 N–H and O–H groups in total. The molecule has 0 fully saturated rings. The van der Waals surface area contributed by atoms with Crippen LogP contribution < -0.4 is 9.05 Å². The average molecular weight is 483 g/mol. The lowest BCUT2D eigenvalue weighted by molar-refractivity contribution is 0.315. The Morgan fingerprint density at radius 3 is 1.76 bits per heavy atom. The highest BCUT2D eigenvalue weighted by Crippen LogP contribution is 2.52. The van der Waals surface area contributed by atoms with Gasteiger partial charge in [0.05, 0.1) is 0 Å². The first-order valence-electron chi connectivity index (χ1n) is 12.2. The normalized spacial score (nSPS) is 17.2. The molecule has 1 atom stereocenters. The van der Waals surface area contributed by atoms with Crippen LogP contribution in [0.5, 0.6) is 11.5 Å². The molecule has 0 aliphatic carbocycles. The van der Waals surface area contributed by atoms with E-state index in [9.17, 15) is 0 Å².